The highest BCUT2D eigenvalue weighted by Gasteiger charge is 2.17. The molecule has 1 N–H and O–H groups in total. The van der Waals surface area contributed by atoms with E-state index in [0.29, 0.717) is 23.8 Å². The lowest BCUT2D eigenvalue weighted by molar-refractivity contribution is -0.137. The molecule has 0 bridgehead atoms. The van der Waals surface area contributed by atoms with Crippen LogP contribution in [0.1, 0.15) is 37.0 Å². The van der Waals surface area contributed by atoms with E-state index in [1.165, 1.54) is 0 Å². The van der Waals surface area contributed by atoms with Crippen molar-refractivity contribution in [3.8, 4) is 5.75 Å². The SMILES string of the molecule is COc1ccc(C(=O)N(CCC(=O)O)CCC(C)C)cc1. The first-order chi connectivity index (χ1) is 9.93. The molecule has 1 aromatic rings. The Balaban J connectivity index is 2.78. The Hall–Kier alpha value is -2.04. The van der Waals surface area contributed by atoms with Gasteiger partial charge in [-0.1, -0.05) is 13.8 Å². The predicted octanol–water partition coefficient (Wildman–Crippen LogP) is 2.66. The molecule has 1 rings (SSSR count). The Morgan fingerprint density at radius 1 is 1.19 bits per heavy atom. The molecule has 0 unspecified atom stereocenters. The van der Waals surface area contributed by atoms with Gasteiger partial charge in [0, 0.05) is 18.7 Å². The van der Waals surface area contributed by atoms with Crippen molar-refractivity contribution in [2.24, 2.45) is 5.92 Å². The van der Waals surface area contributed by atoms with Gasteiger partial charge in [-0.15, -0.1) is 0 Å². The van der Waals surface area contributed by atoms with E-state index in [2.05, 4.69) is 13.8 Å². The lowest BCUT2D eigenvalue weighted by Gasteiger charge is -2.23. The van der Waals surface area contributed by atoms with Gasteiger partial charge in [-0.05, 0) is 36.6 Å². The summed E-state index contributed by atoms with van der Waals surface area (Å²) in [5.41, 5.74) is 0.546. The van der Waals surface area contributed by atoms with Gasteiger partial charge in [0.05, 0.1) is 13.5 Å². The number of hydrogen-bond donors (Lipinski definition) is 1. The summed E-state index contributed by atoms with van der Waals surface area (Å²) < 4.78 is 5.06. The summed E-state index contributed by atoms with van der Waals surface area (Å²) in [7, 11) is 1.57. The van der Waals surface area contributed by atoms with E-state index in [1.807, 2.05) is 0 Å². The monoisotopic (exact) mass is 293 g/mol. The molecule has 5 nitrogen and oxygen atoms in total. The van der Waals surface area contributed by atoms with E-state index in [9.17, 15) is 9.59 Å². The first-order valence-electron chi connectivity index (χ1n) is 7.09. The summed E-state index contributed by atoms with van der Waals surface area (Å²) in [5, 5.41) is 8.81. The highest BCUT2D eigenvalue weighted by molar-refractivity contribution is 5.94. The number of rotatable bonds is 8. The first kappa shape index (κ1) is 17.0. The maximum atomic E-state index is 12.5. The number of carboxylic acid groups (broad SMARTS) is 1. The molecule has 0 atom stereocenters. The highest BCUT2D eigenvalue weighted by atomic mass is 16.5. The third-order valence-electron chi connectivity index (χ3n) is 3.20. The summed E-state index contributed by atoms with van der Waals surface area (Å²) in [5.74, 6) is 0.110. The van der Waals surface area contributed by atoms with Gasteiger partial charge in [0.2, 0.25) is 0 Å². The Morgan fingerprint density at radius 3 is 2.29 bits per heavy atom. The van der Waals surface area contributed by atoms with Gasteiger partial charge in [-0.2, -0.15) is 0 Å². The summed E-state index contributed by atoms with van der Waals surface area (Å²) in [6, 6.07) is 6.85. The second kappa shape index (κ2) is 8.29. The molecule has 0 saturated carbocycles. The molecule has 0 fully saturated rings. The van der Waals surface area contributed by atoms with Crippen molar-refractivity contribution in [2.75, 3.05) is 20.2 Å². The molecule has 0 aliphatic rings. The maximum Gasteiger partial charge on any atom is 0.305 e. The fourth-order valence-corrected chi connectivity index (χ4v) is 1.88. The molecule has 5 heteroatoms. The van der Waals surface area contributed by atoms with Crippen molar-refractivity contribution in [3.05, 3.63) is 29.8 Å². The van der Waals surface area contributed by atoms with Gasteiger partial charge in [0.25, 0.3) is 5.91 Å². The van der Waals surface area contributed by atoms with Gasteiger partial charge in [-0.25, -0.2) is 0 Å². The van der Waals surface area contributed by atoms with E-state index < -0.39 is 5.97 Å². The summed E-state index contributed by atoms with van der Waals surface area (Å²) >= 11 is 0. The molecular formula is C16H23NO4. The summed E-state index contributed by atoms with van der Waals surface area (Å²) in [4.78, 5) is 24.8. The topological polar surface area (TPSA) is 66.8 Å². The van der Waals surface area contributed by atoms with Gasteiger partial charge < -0.3 is 14.7 Å². The normalized spacial score (nSPS) is 10.5. The van der Waals surface area contributed by atoms with Gasteiger partial charge in [-0.3, -0.25) is 9.59 Å². The maximum absolute atomic E-state index is 12.5. The average molecular weight is 293 g/mol. The third-order valence-corrected chi connectivity index (χ3v) is 3.20. The number of carbonyl (C=O) groups excluding carboxylic acids is 1. The second-order valence-corrected chi connectivity index (χ2v) is 5.35. The Kier molecular flexibility index (Phi) is 6.72. The zero-order valence-corrected chi connectivity index (χ0v) is 12.8. The van der Waals surface area contributed by atoms with Crippen LogP contribution in [0.2, 0.25) is 0 Å². The number of ether oxygens (including phenoxy) is 1. The number of carboxylic acids is 1. The van der Waals surface area contributed by atoms with Gasteiger partial charge >= 0.3 is 5.97 Å². The largest absolute Gasteiger partial charge is 0.497 e. The molecule has 0 aromatic heterocycles. The van der Waals surface area contributed by atoms with Crippen LogP contribution in [-0.4, -0.2) is 42.1 Å². The van der Waals surface area contributed by atoms with Crippen molar-refractivity contribution in [1.82, 2.24) is 4.90 Å². The minimum absolute atomic E-state index is 0.0417. The van der Waals surface area contributed by atoms with Crippen molar-refractivity contribution < 1.29 is 19.4 Å². The van der Waals surface area contributed by atoms with E-state index >= 15 is 0 Å². The highest BCUT2D eigenvalue weighted by Crippen LogP contribution is 2.14. The molecule has 116 valence electrons. The van der Waals surface area contributed by atoms with Crippen molar-refractivity contribution in [1.29, 1.82) is 0 Å². The van der Waals surface area contributed by atoms with Crippen molar-refractivity contribution in [3.63, 3.8) is 0 Å². The van der Waals surface area contributed by atoms with E-state index in [0.717, 1.165) is 6.42 Å². The lowest BCUT2D eigenvalue weighted by atomic mass is 10.1. The van der Waals surface area contributed by atoms with Crippen LogP contribution in [0.5, 0.6) is 5.75 Å². The second-order valence-electron chi connectivity index (χ2n) is 5.35. The fourth-order valence-electron chi connectivity index (χ4n) is 1.88. The quantitative estimate of drug-likeness (QED) is 0.800. The minimum Gasteiger partial charge on any atom is -0.497 e. The number of carbonyl (C=O) groups is 2. The Morgan fingerprint density at radius 2 is 1.81 bits per heavy atom. The standard InChI is InChI=1S/C16H23NO4/c1-12(2)8-10-17(11-9-15(18)19)16(20)13-4-6-14(21-3)7-5-13/h4-7,12H,8-11H2,1-3H3,(H,18,19). The summed E-state index contributed by atoms with van der Waals surface area (Å²) in [6.07, 6.45) is 0.807. The third kappa shape index (κ3) is 5.85. The first-order valence-corrected chi connectivity index (χ1v) is 7.09. The van der Waals surface area contributed by atoms with Crippen molar-refractivity contribution in [2.45, 2.75) is 26.7 Å². The summed E-state index contributed by atoms with van der Waals surface area (Å²) in [6.45, 7) is 4.95. The number of hydrogen-bond acceptors (Lipinski definition) is 3. The molecule has 1 amide bonds. The van der Waals surface area contributed by atoms with Crippen LogP contribution in [0.4, 0.5) is 0 Å². The molecule has 0 heterocycles. The van der Waals surface area contributed by atoms with E-state index in [1.54, 1.807) is 36.3 Å². The number of methoxy groups -OCH3 is 1. The van der Waals surface area contributed by atoms with Crippen LogP contribution in [0, 0.1) is 5.92 Å². The number of aliphatic carboxylic acids is 1. The Labute approximate surface area is 125 Å². The molecule has 21 heavy (non-hydrogen) atoms. The van der Waals surface area contributed by atoms with Crippen LogP contribution in [0.15, 0.2) is 24.3 Å². The van der Waals surface area contributed by atoms with Gasteiger partial charge in [0.15, 0.2) is 0 Å². The number of benzene rings is 1. The smallest absolute Gasteiger partial charge is 0.305 e. The van der Waals surface area contributed by atoms with Gasteiger partial charge in [0.1, 0.15) is 5.75 Å². The van der Waals surface area contributed by atoms with E-state index in [4.69, 9.17) is 9.84 Å². The Bertz CT molecular complexity index is 468. The van der Waals surface area contributed by atoms with E-state index in [-0.39, 0.29) is 18.9 Å². The molecule has 0 aliphatic carbocycles. The molecule has 1 aromatic carbocycles. The fraction of sp³-hybridized carbons (Fsp3) is 0.500. The van der Waals surface area contributed by atoms with Crippen molar-refractivity contribution >= 4 is 11.9 Å². The zero-order chi connectivity index (χ0) is 15.8. The molecule has 0 aliphatic heterocycles. The number of nitrogens with zero attached hydrogens (tertiary/aromatic N) is 1. The minimum atomic E-state index is -0.896. The number of amides is 1. The zero-order valence-electron chi connectivity index (χ0n) is 12.8. The molecule has 0 radical (unpaired) electrons. The van der Waals surface area contributed by atoms with Crippen LogP contribution in [0.3, 0.4) is 0 Å². The molecule has 0 saturated heterocycles. The molecule has 0 spiro atoms. The van der Waals surface area contributed by atoms with Crippen LogP contribution < -0.4 is 4.74 Å². The predicted molar refractivity (Wildman–Crippen MR) is 80.6 cm³/mol. The average Bonchev–Trinajstić information content (AvgIpc) is 2.46. The molecular weight excluding hydrogens is 270 g/mol. The lowest BCUT2D eigenvalue weighted by Crippen LogP contribution is -2.34. The van der Waals surface area contributed by atoms with Crippen LogP contribution in [0.25, 0.3) is 0 Å². The van der Waals surface area contributed by atoms with Crippen LogP contribution >= 0.6 is 0 Å². The van der Waals surface area contributed by atoms with Crippen LogP contribution in [-0.2, 0) is 4.79 Å².